The van der Waals surface area contributed by atoms with Gasteiger partial charge in [-0.1, -0.05) is 11.6 Å². The summed E-state index contributed by atoms with van der Waals surface area (Å²) in [5, 5.41) is 11.7. The number of rotatable bonds is 7. The number of nitrogens with one attached hydrogen (secondary N) is 1. The lowest BCUT2D eigenvalue weighted by molar-refractivity contribution is -0.136. The minimum atomic E-state index is -0.949. The van der Waals surface area contributed by atoms with Crippen LogP contribution in [0.25, 0.3) is 0 Å². The van der Waals surface area contributed by atoms with E-state index in [1.165, 1.54) is 27.2 Å². The maximum Gasteiger partial charge on any atom is 0.305 e. The topological polar surface area (TPSA) is 84.9 Å². The molecule has 0 unspecified atom stereocenters. The van der Waals surface area contributed by atoms with Crippen LogP contribution in [0.4, 0.5) is 5.69 Å². The molecule has 0 radical (unpaired) electrons. The van der Waals surface area contributed by atoms with E-state index in [1.807, 2.05) is 0 Å². The van der Waals surface area contributed by atoms with E-state index in [-0.39, 0.29) is 29.3 Å². The van der Waals surface area contributed by atoms with Crippen LogP contribution in [0.3, 0.4) is 0 Å². The average Bonchev–Trinajstić information content (AvgIpc) is 2.37. The number of hydrogen-bond donors (Lipinski definition) is 2. The molecule has 0 spiro atoms. The highest BCUT2D eigenvalue weighted by atomic mass is 35.5. The predicted molar refractivity (Wildman–Crippen MR) is 75.3 cm³/mol. The molecule has 2 N–H and O–H groups in total. The summed E-state index contributed by atoms with van der Waals surface area (Å²) >= 11 is 6.07. The standard InChI is InChI=1S/C13H16ClNO5/c1-7(16)11-8(14)6-9(19-2)13(20-3)12(11)15-5-4-10(17)18/h6,15H,4-5H2,1-3H3,(H,17,18). The van der Waals surface area contributed by atoms with Crippen LogP contribution in [0.15, 0.2) is 6.07 Å². The molecule has 7 heteroatoms. The van der Waals surface area contributed by atoms with Crippen LogP contribution in [0.1, 0.15) is 23.7 Å². The Morgan fingerprint density at radius 3 is 2.45 bits per heavy atom. The number of carbonyl (C=O) groups excluding carboxylic acids is 1. The van der Waals surface area contributed by atoms with Gasteiger partial charge in [-0.2, -0.15) is 0 Å². The summed E-state index contributed by atoms with van der Waals surface area (Å²) in [5.41, 5.74) is 0.584. The van der Waals surface area contributed by atoms with Crippen LogP contribution in [0, 0.1) is 0 Å². The Morgan fingerprint density at radius 2 is 2.00 bits per heavy atom. The molecule has 20 heavy (non-hydrogen) atoms. The Balaban J connectivity index is 3.29. The minimum Gasteiger partial charge on any atom is -0.493 e. The van der Waals surface area contributed by atoms with Crippen molar-refractivity contribution < 1.29 is 24.2 Å². The summed E-state index contributed by atoms with van der Waals surface area (Å²) < 4.78 is 10.4. The number of carboxylic acid groups (broad SMARTS) is 1. The van der Waals surface area contributed by atoms with E-state index in [1.54, 1.807) is 0 Å². The minimum absolute atomic E-state index is 0.102. The van der Waals surface area contributed by atoms with Gasteiger partial charge in [0.1, 0.15) is 0 Å². The fraction of sp³-hybridized carbons (Fsp3) is 0.385. The maximum absolute atomic E-state index is 11.7. The molecule has 1 aromatic rings. The first-order valence-electron chi connectivity index (χ1n) is 5.83. The molecule has 0 heterocycles. The highest BCUT2D eigenvalue weighted by molar-refractivity contribution is 6.35. The first kappa shape index (κ1) is 16.1. The number of halogens is 1. The van der Waals surface area contributed by atoms with Crippen LogP contribution < -0.4 is 14.8 Å². The Morgan fingerprint density at radius 1 is 1.35 bits per heavy atom. The molecule has 110 valence electrons. The number of ether oxygens (including phenoxy) is 2. The zero-order valence-electron chi connectivity index (χ0n) is 11.4. The van der Waals surface area contributed by atoms with Gasteiger partial charge >= 0.3 is 5.97 Å². The summed E-state index contributed by atoms with van der Waals surface area (Å²) in [6, 6.07) is 1.49. The van der Waals surface area contributed by atoms with E-state index in [0.717, 1.165) is 0 Å². The predicted octanol–water partition coefficient (Wildman–Crippen LogP) is 2.45. The Bertz CT molecular complexity index is 530. The molecule has 1 rings (SSSR count). The molecule has 0 aliphatic rings. The molecular weight excluding hydrogens is 286 g/mol. The van der Waals surface area contributed by atoms with Crippen molar-refractivity contribution in [2.24, 2.45) is 0 Å². The zero-order chi connectivity index (χ0) is 15.3. The summed E-state index contributed by atoms with van der Waals surface area (Å²) in [5.74, 6) is -0.531. The molecule has 0 saturated carbocycles. The number of aliphatic carboxylic acids is 1. The second-order valence-corrected chi connectivity index (χ2v) is 4.38. The average molecular weight is 302 g/mol. The van der Waals surface area contributed by atoms with Crippen LogP contribution in [-0.2, 0) is 4.79 Å². The number of anilines is 1. The van der Waals surface area contributed by atoms with Gasteiger partial charge in [-0.05, 0) is 6.92 Å². The number of ketones is 1. The van der Waals surface area contributed by atoms with Crippen molar-refractivity contribution in [1.82, 2.24) is 0 Å². The van der Waals surface area contributed by atoms with E-state index >= 15 is 0 Å². The van der Waals surface area contributed by atoms with E-state index in [0.29, 0.717) is 17.2 Å². The molecule has 0 aliphatic carbocycles. The maximum atomic E-state index is 11.7. The third-order valence-corrected chi connectivity index (χ3v) is 2.91. The van der Waals surface area contributed by atoms with Gasteiger partial charge < -0.3 is 19.9 Å². The van der Waals surface area contributed by atoms with Crippen molar-refractivity contribution >= 4 is 29.0 Å². The largest absolute Gasteiger partial charge is 0.493 e. The second kappa shape index (κ2) is 7.00. The van der Waals surface area contributed by atoms with Crippen molar-refractivity contribution in [3.63, 3.8) is 0 Å². The van der Waals surface area contributed by atoms with Crippen molar-refractivity contribution in [1.29, 1.82) is 0 Å². The first-order valence-corrected chi connectivity index (χ1v) is 6.21. The van der Waals surface area contributed by atoms with Crippen LogP contribution in [-0.4, -0.2) is 37.6 Å². The quantitative estimate of drug-likeness (QED) is 0.753. The summed E-state index contributed by atoms with van der Waals surface area (Å²) in [7, 11) is 2.88. The monoisotopic (exact) mass is 301 g/mol. The number of carbonyl (C=O) groups is 2. The smallest absolute Gasteiger partial charge is 0.305 e. The lowest BCUT2D eigenvalue weighted by Gasteiger charge is -2.18. The lowest BCUT2D eigenvalue weighted by Crippen LogP contribution is -2.12. The Labute approximate surface area is 121 Å². The van der Waals surface area contributed by atoms with Gasteiger partial charge in [-0.25, -0.2) is 0 Å². The molecule has 0 saturated heterocycles. The molecule has 0 aliphatic heterocycles. The van der Waals surface area contributed by atoms with Gasteiger partial charge in [0.05, 0.1) is 36.9 Å². The summed E-state index contributed by atoms with van der Waals surface area (Å²) in [6.07, 6.45) is -0.102. The normalized spacial score (nSPS) is 10.0. The van der Waals surface area contributed by atoms with Gasteiger partial charge in [0, 0.05) is 12.6 Å². The Hall–Kier alpha value is -1.95. The van der Waals surface area contributed by atoms with Crippen molar-refractivity contribution in [3.8, 4) is 11.5 Å². The molecule has 0 fully saturated rings. The van der Waals surface area contributed by atoms with Crippen LogP contribution in [0.2, 0.25) is 5.02 Å². The molecule has 0 amide bonds. The number of benzene rings is 1. The molecule has 6 nitrogen and oxygen atoms in total. The van der Waals surface area contributed by atoms with Gasteiger partial charge in [-0.15, -0.1) is 0 Å². The van der Waals surface area contributed by atoms with Gasteiger partial charge in [0.15, 0.2) is 17.3 Å². The van der Waals surface area contributed by atoms with Gasteiger partial charge in [0.2, 0.25) is 0 Å². The molecular formula is C13H16ClNO5. The molecule has 0 aromatic heterocycles. The number of hydrogen-bond acceptors (Lipinski definition) is 5. The molecule has 0 atom stereocenters. The molecule has 0 bridgehead atoms. The van der Waals surface area contributed by atoms with Crippen LogP contribution in [0.5, 0.6) is 11.5 Å². The SMILES string of the molecule is COc1cc(Cl)c(C(C)=O)c(NCCC(=O)O)c1OC. The summed E-state index contributed by atoms with van der Waals surface area (Å²) in [6.45, 7) is 1.50. The third-order valence-electron chi connectivity index (χ3n) is 2.61. The lowest BCUT2D eigenvalue weighted by atomic mass is 10.1. The number of carboxylic acids is 1. The van der Waals surface area contributed by atoms with E-state index in [2.05, 4.69) is 5.32 Å². The fourth-order valence-corrected chi connectivity index (χ4v) is 2.10. The second-order valence-electron chi connectivity index (χ2n) is 3.97. The van der Waals surface area contributed by atoms with Crippen molar-refractivity contribution in [2.45, 2.75) is 13.3 Å². The first-order chi connectivity index (χ1) is 9.42. The zero-order valence-corrected chi connectivity index (χ0v) is 12.2. The highest BCUT2D eigenvalue weighted by Gasteiger charge is 2.21. The Kier molecular flexibility index (Phi) is 5.64. The van der Waals surface area contributed by atoms with Gasteiger partial charge in [0.25, 0.3) is 0 Å². The van der Waals surface area contributed by atoms with Gasteiger partial charge in [-0.3, -0.25) is 9.59 Å². The molecule has 1 aromatic carbocycles. The van der Waals surface area contributed by atoms with E-state index in [9.17, 15) is 9.59 Å². The number of methoxy groups -OCH3 is 2. The fourth-order valence-electron chi connectivity index (χ4n) is 1.77. The van der Waals surface area contributed by atoms with Crippen molar-refractivity contribution in [2.75, 3.05) is 26.1 Å². The van der Waals surface area contributed by atoms with Crippen LogP contribution >= 0.6 is 11.6 Å². The summed E-state index contributed by atoms with van der Waals surface area (Å²) in [4.78, 5) is 22.3. The van der Waals surface area contributed by atoms with Crippen molar-refractivity contribution in [3.05, 3.63) is 16.7 Å². The van der Waals surface area contributed by atoms with E-state index in [4.69, 9.17) is 26.2 Å². The highest BCUT2D eigenvalue weighted by Crippen LogP contribution is 2.42. The number of Topliss-reactive ketones (excluding diaryl/α,β-unsaturated/α-hetero) is 1. The third kappa shape index (κ3) is 3.54. The van der Waals surface area contributed by atoms with E-state index < -0.39 is 5.97 Å².